The van der Waals surface area contributed by atoms with Crippen LogP contribution in [0.3, 0.4) is 0 Å². The molecule has 0 atom stereocenters. The number of thiazole rings is 1. The van der Waals surface area contributed by atoms with E-state index in [1.807, 2.05) is 17.5 Å². The maximum Gasteiger partial charge on any atom is 0.184 e. The third-order valence-electron chi connectivity index (χ3n) is 1.30. The molecule has 0 N–H and O–H groups in total. The molecule has 0 saturated heterocycles. The van der Waals surface area contributed by atoms with Gasteiger partial charge in [-0.05, 0) is 28.1 Å². The number of hydrogen-bond acceptors (Lipinski definition) is 3. The Bertz CT molecular complexity index is 357. The van der Waals surface area contributed by atoms with Gasteiger partial charge in [-0.15, -0.1) is 22.7 Å². The van der Waals surface area contributed by atoms with E-state index in [2.05, 4.69) is 20.9 Å². The maximum atomic E-state index is 5.72. The molecule has 0 radical (unpaired) electrons. The van der Waals surface area contributed by atoms with Crippen molar-refractivity contribution < 1.29 is 0 Å². The van der Waals surface area contributed by atoms with Gasteiger partial charge in [0.1, 0.15) is 0 Å². The highest BCUT2D eigenvalue weighted by Gasteiger charge is 2.04. The lowest BCUT2D eigenvalue weighted by molar-refractivity contribution is 1.43. The molecule has 0 spiro atoms. The van der Waals surface area contributed by atoms with Crippen molar-refractivity contribution in [2.45, 2.75) is 0 Å². The molecule has 5 heteroatoms. The first-order valence-electron chi connectivity index (χ1n) is 3.12. The molecule has 0 aliphatic carbocycles. The Morgan fingerprint density at radius 3 is 2.75 bits per heavy atom. The van der Waals surface area contributed by atoms with E-state index < -0.39 is 0 Å². The van der Waals surface area contributed by atoms with E-state index in [0.29, 0.717) is 4.47 Å². The molecule has 0 unspecified atom stereocenters. The Kier molecular flexibility index (Phi) is 2.50. The average molecular weight is 281 g/mol. The first-order valence-corrected chi connectivity index (χ1v) is 5.99. The highest BCUT2D eigenvalue weighted by Crippen LogP contribution is 2.32. The molecule has 0 saturated carbocycles. The van der Waals surface area contributed by atoms with Gasteiger partial charge in [0.05, 0.1) is 14.4 Å². The average Bonchev–Trinajstić information content (AvgIpc) is 2.58. The standard InChI is InChI=1S/C7H3BrClNS2/c8-6-2-1-5(12-6)4-3-11-7(9)10-4/h1-3H. The van der Waals surface area contributed by atoms with Crippen molar-refractivity contribution in [1.82, 2.24) is 4.98 Å². The molecule has 0 amide bonds. The SMILES string of the molecule is Clc1nc(-c2ccc(Br)s2)cs1. The Balaban J connectivity index is 2.43. The van der Waals surface area contributed by atoms with E-state index in [9.17, 15) is 0 Å². The quantitative estimate of drug-likeness (QED) is 0.759. The number of hydrogen-bond donors (Lipinski definition) is 0. The second-order valence-corrected chi connectivity index (χ2v) is 5.99. The van der Waals surface area contributed by atoms with Crippen molar-refractivity contribution in [3.05, 3.63) is 25.8 Å². The maximum absolute atomic E-state index is 5.72. The number of aromatic nitrogens is 1. The summed E-state index contributed by atoms with van der Waals surface area (Å²) in [6.07, 6.45) is 0. The van der Waals surface area contributed by atoms with Crippen LogP contribution in [0.15, 0.2) is 21.3 Å². The van der Waals surface area contributed by atoms with Crippen LogP contribution in [-0.4, -0.2) is 4.98 Å². The first-order chi connectivity index (χ1) is 5.75. The van der Waals surface area contributed by atoms with Crippen LogP contribution < -0.4 is 0 Å². The van der Waals surface area contributed by atoms with Gasteiger partial charge < -0.3 is 0 Å². The van der Waals surface area contributed by atoms with Crippen molar-refractivity contribution in [3.8, 4) is 10.6 Å². The molecule has 0 aliphatic rings. The van der Waals surface area contributed by atoms with Crippen molar-refractivity contribution in [3.63, 3.8) is 0 Å². The topological polar surface area (TPSA) is 12.9 Å². The summed E-state index contributed by atoms with van der Waals surface area (Å²) in [5, 5.41) is 1.96. The highest BCUT2D eigenvalue weighted by atomic mass is 79.9. The largest absolute Gasteiger partial charge is 0.224 e. The Morgan fingerprint density at radius 1 is 1.42 bits per heavy atom. The molecule has 2 rings (SSSR count). The minimum absolute atomic E-state index is 0.592. The van der Waals surface area contributed by atoms with Crippen molar-refractivity contribution in [2.24, 2.45) is 0 Å². The minimum atomic E-state index is 0.592. The van der Waals surface area contributed by atoms with Gasteiger partial charge in [0.2, 0.25) is 0 Å². The predicted molar refractivity (Wildman–Crippen MR) is 58.1 cm³/mol. The van der Waals surface area contributed by atoms with Crippen LogP contribution in [0.4, 0.5) is 0 Å². The normalized spacial score (nSPS) is 10.5. The predicted octanol–water partition coefficient (Wildman–Crippen LogP) is 4.29. The van der Waals surface area contributed by atoms with Gasteiger partial charge in [-0.3, -0.25) is 0 Å². The van der Waals surface area contributed by atoms with Crippen LogP contribution in [0.1, 0.15) is 0 Å². The summed E-state index contributed by atoms with van der Waals surface area (Å²) >= 11 is 12.2. The molecule has 2 heterocycles. The molecule has 0 aromatic carbocycles. The summed E-state index contributed by atoms with van der Waals surface area (Å²) in [6, 6.07) is 4.04. The van der Waals surface area contributed by atoms with Gasteiger partial charge >= 0.3 is 0 Å². The highest BCUT2D eigenvalue weighted by molar-refractivity contribution is 9.11. The number of thiophene rings is 1. The summed E-state index contributed by atoms with van der Waals surface area (Å²) < 4.78 is 1.70. The zero-order valence-corrected chi connectivity index (χ0v) is 9.73. The van der Waals surface area contributed by atoms with Gasteiger partial charge in [0.25, 0.3) is 0 Å². The zero-order chi connectivity index (χ0) is 8.55. The fourth-order valence-corrected chi connectivity index (χ4v) is 3.00. The van der Waals surface area contributed by atoms with Crippen molar-refractivity contribution in [2.75, 3.05) is 0 Å². The molecule has 0 aliphatic heterocycles. The van der Waals surface area contributed by atoms with E-state index >= 15 is 0 Å². The smallest absolute Gasteiger partial charge is 0.184 e. The van der Waals surface area contributed by atoms with Gasteiger partial charge in [-0.25, -0.2) is 4.98 Å². The summed E-state index contributed by atoms with van der Waals surface area (Å²) in [6.45, 7) is 0. The summed E-state index contributed by atoms with van der Waals surface area (Å²) in [5.74, 6) is 0. The molecule has 12 heavy (non-hydrogen) atoms. The third-order valence-corrected chi connectivity index (χ3v) is 3.93. The van der Waals surface area contributed by atoms with Crippen molar-refractivity contribution >= 4 is 50.2 Å². The number of rotatable bonds is 1. The molecule has 1 nitrogen and oxygen atoms in total. The van der Waals surface area contributed by atoms with E-state index in [4.69, 9.17) is 11.6 Å². The Labute approximate surface area is 91.2 Å². The minimum Gasteiger partial charge on any atom is -0.224 e. The summed E-state index contributed by atoms with van der Waals surface area (Å²) in [4.78, 5) is 5.31. The Morgan fingerprint density at radius 2 is 2.25 bits per heavy atom. The van der Waals surface area contributed by atoms with Gasteiger partial charge in [0.15, 0.2) is 4.47 Å². The molecule has 2 aromatic rings. The lowest BCUT2D eigenvalue weighted by Crippen LogP contribution is -1.67. The second-order valence-electron chi connectivity index (χ2n) is 2.09. The number of nitrogens with zero attached hydrogens (tertiary/aromatic N) is 1. The molecule has 62 valence electrons. The van der Waals surface area contributed by atoms with Crippen LogP contribution in [0.2, 0.25) is 4.47 Å². The molecular formula is C7H3BrClNS2. The van der Waals surface area contributed by atoms with E-state index in [0.717, 1.165) is 14.4 Å². The molecular weight excluding hydrogens is 278 g/mol. The monoisotopic (exact) mass is 279 g/mol. The molecule has 0 fully saturated rings. The van der Waals surface area contributed by atoms with Crippen molar-refractivity contribution in [1.29, 1.82) is 0 Å². The van der Waals surface area contributed by atoms with Crippen LogP contribution in [0, 0.1) is 0 Å². The van der Waals surface area contributed by atoms with Gasteiger partial charge in [-0.2, -0.15) is 0 Å². The Hall–Kier alpha value is 0.1000. The van der Waals surface area contributed by atoms with Crippen LogP contribution in [0.5, 0.6) is 0 Å². The van der Waals surface area contributed by atoms with E-state index in [1.165, 1.54) is 11.3 Å². The van der Waals surface area contributed by atoms with Gasteiger partial charge in [0, 0.05) is 5.38 Å². The summed E-state index contributed by atoms with van der Waals surface area (Å²) in [7, 11) is 0. The lowest BCUT2D eigenvalue weighted by atomic mass is 10.4. The first kappa shape index (κ1) is 8.69. The number of halogens is 2. The summed E-state index contributed by atoms with van der Waals surface area (Å²) in [5.41, 5.74) is 0.959. The molecule has 2 aromatic heterocycles. The van der Waals surface area contributed by atoms with E-state index in [1.54, 1.807) is 11.3 Å². The second kappa shape index (κ2) is 3.46. The van der Waals surface area contributed by atoms with E-state index in [-0.39, 0.29) is 0 Å². The zero-order valence-electron chi connectivity index (χ0n) is 5.75. The molecule has 0 bridgehead atoms. The van der Waals surface area contributed by atoms with Gasteiger partial charge in [-0.1, -0.05) is 11.6 Å². The fraction of sp³-hybridized carbons (Fsp3) is 0. The van der Waals surface area contributed by atoms with Crippen LogP contribution in [0.25, 0.3) is 10.6 Å². The fourth-order valence-electron chi connectivity index (χ4n) is 0.817. The van der Waals surface area contributed by atoms with Crippen LogP contribution >= 0.6 is 50.2 Å². The third kappa shape index (κ3) is 1.71. The lowest BCUT2D eigenvalue weighted by Gasteiger charge is -1.85. The van der Waals surface area contributed by atoms with Crippen LogP contribution in [-0.2, 0) is 0 Å².